The van der Waals surface area contributed by atoms with E-state index in [4.69, 9.17) is 18.9 Å². The van der Waals surface area contributed by atoms with Crippen LogP contribution in [0.25, 0.3) is 0 Å². The number of benzene rings is 1. The van der Waals surface area contributed by atoms with Crippen LogP contribution in [0.4, 0.5) is 4.79 Å². The van der Waals surface area contributed by atoms with Gasteiger partial charge in [-0.25, -0.2) is 9.59 Å². The van der Waals surface area contributed by atoms with Gasteiger partial charge in [0.25, 0.3) is 0 Å². The molecule has 2 fully saturated rings. The van der Waals surface area contributed by atoms with E-state index in [1.807, 2.05) is 0 Å². The Balaban J connectivity index is 1.82. The molecular formula is C27H40N2O9. The summed E-state index contributed by atoms with van der Waals surface area (Å²) < 4.78 is 22.3. The summed E-state index contributed by atoms with van der Waals surface area (Å²) in [4.78, 5) is 39.1. The summed E-state index contributed by atoms with van der Waals surface area (Å²) in [6, 6.07) is 3.88. The summed E-state index contributed by atoms with van der Waals surface area (Å²) >= 11 is 0. The number of esters is 1. The van der Waals surface area contributed by atoms with Crippen molar-refractivity contribution in [1.82, 2.24) is 10.6 Å². The van der Waals surface area contributed by atoms with E-state index < -0.39 is 59.6 Å². The van der Waals surface area contributed by atoms with Crippen molar-refractivity contribution in [2.45, 2.75) is 103 Å². The molecule has 0 spiro atoms. The number of aliphatic hydroxyl groups is 1. The number of carbonyl (C=O) groups is 3. The zero-order chi connectivity index (χ0) is 28.3. The Kier molecular flexibility index (Phi) is 9.27. The van der Waals surface area contributed by atoms with Gasteiger partial charge in [-0.05, 0) is 72.1 Å². The third-order valence-electron chi connectivity index (χ3n) is 6.43. The van der Waals surface area contributed by atoms with Crippen molar-refractivity contribution in [3.8, 4) is 5.75 Å². The van der Waals surface area contributed by atoms with Gasteiger partial charge in [0.15, 0.2) is 5.79 Å². The maximum Gasteiger partial charge on any atom is 0.408 e. The fourth-order valence-corrected chi connectivity index (χ4v) is 4.86. The largest absolute Gasteiger partial charge is 0.508 e. The van der Waals surface area contributed by atoms with Crippen molar-refractivity contribution < 1.29 is 43.5 Å². The van der Waals surface area contributed by atoms with Gasteiger partial charge in [0.2, 0.25) is 5.91 Å². The molecule has 1 aliphatic carbocycles. The highest BCUT2D eigenvalue weighted by Crippen LogP contribution is 2.40. The number of hydrogen-bond acceptors (Lipinski definition) is 9. The highest BCUT2D eigenvalue weighted by Gasteiger charge is 2.52. The number of aromatic hydroxyl groups is 1. The quantitative estimate of drug-likeness (QED) is 0.366. The molecule has 6 atom stereocenters. The number of alkyl carbamates (subject to hydrolysis) is 1. The van der Waals surface area contributed by atoms with Gasteiger partial charge in [0.05, 0.1) is 18.8 Å². The molecule has 0 bridgehead atoms. The minimum Gasteiger partial charge on any atom is -0.508 e. The molecule has 1 saturated carbocycles. The van der Waals surface area contributed by atoms with Crippen molar-refractivity contribution >= 4 is 18.0 Å². The van der Waals surface area contributed by atoms with Crippen LogP contribution in [0.1, 0.15) is 59.9 Å². The van der Waals surface area contributed by atoms with E-state index in [2.05, 4.69) is 10.6 Å². The van der Waals surface area contributed by atoms with E-state index in [9.17, 15) is 24.6 Å². The molecule has 0 unspecified atom stereocenters. The Hall–Kier alpha value is -2.89. The molecular weight excluding hydrogens is 496 g/mol. The molecule has 0 radical (unpaired) electrons. The first kappa shape index (κ1) is 29.7. The third-order valence-corrected chi connectivity index (χ3v) is 6.43. The van der Waals surface area contributed by atoms with Crippen molar-refractivity contribution in [2.24, 2.45) is 5.92 Å². The van der Waals surface area contributed by atoms with Crippen LogP contribution >= 0.6 is 0 Å². The summed E-state index contributed by atoms with van der Waals surface area (Å²) in [5.74, 6) is -2.86. The summed E-state index contributed by atoms with van der Waals surface area (Å²) in [6.45, 7) is 10.4. The molecule has 2 amide bonds. The molecule has 1 heterocycles. The lowest BCUT2D eigenvalue weighted by molar-refractivity contribution is -0.161. The zero-order valence-electron chi connectivity index (χ0n) is 22.9. The molecule has 1 aliphatic heterocycles. The number of nitrogens with one attached hydrogen (secondary N) is 2. The molecule has 38 heavy (non-hydrogen) atoms. The molecule has 1 saturated heterocycles. The van der Waals surface area contributed by atoms with E-state index in [1.54, 1.807) is 53.7 Å². The number of rotatable bonds is 8. The number of aliphatic hydroxyl groups excluding tert-OH is 1. The molecule has 4 N–H and O–H groups in total. The van der Waals surface area contributed by atoms with Gasteiger partial charge in [0.1, 0.15) is 29.5 Å². The van der Waals surface area contributed by atoms with E-state index >= 15 is 0 Å². The molecule has 1 aromatic rings. The van der Waals surface area contributed by atoms with Gasteiger partial charge in [-0.1, -0.05) is 12.1 Å². The minimum absolute atomic E-state index is 0.0584. The molecule has 2 aliphatic rings. The van der Waals surface area contributed by atoms with E-state index in [-0.39, 0.29) is 24.9 Å². The van der Waals surface area contributed by atoms with E-state index in [0.717, 1.165) is 0 Å². The van der Waals surface area contributed by atoms with Gasteiger partial charge in [-0.2, -0.15) is 0 Å². The summed E-state index contributed by atoms with van der Waals surface area (Å²) in [7, 11) is 0. The lowest BCUT2D eigenvalue weighted by Gasteiger charge is -2.38. The molecule has 11 heteroatoms. The maximum absolute atomic E-state index is 13.5. The van der Waals surface area contributed by atoms with Crippen LogP contribution in [0.2, 0.25) is 0 Å². The highest BCUT2D eigenvalue weighted by molar-refractivity contribution is 5.90. The van der Waals surface area contributed by atoms with Crippen LogP contribution in [0.3, 0.4) is 0 Å². The molecule has 3 rings (SSSR count). The number of amides is 2. The average Bonchev–Trinajstić information content (AvgIpc) is 3.13. The highest BCUT2D eigenvalue weighted by atomic mass is 16.8. The van der Waals surface area contributed by atoms with Gasteiger partial charge in [0, 0.05) is 12.3 Å². The standard InChI is InChI=1S/C27H40N2O9/c1-7-35-24(33)20(17-12-13-19-22(21(17)31)37-27(5,6)36-19)29-23(32)18(28-25(34)38-26(2,3)4)14-15-8-10-16(30)11-9-15/h8-11,17-22,30-31H,7,12-14H2,1-6H3,(H,28,34)(H,29,32)/t17-,18-,19-,20-,21-,22-/m0/s1. The lowest BCUT2D eigenvalue weighted by Crippen LogP contribution is -2.59. The molecule has 11 nitrogen and oxygen atoms in total. The predicted molar refractivity (Wildman–Crippen MR) is 136 cm³/mol. The Bertz CT molecular complexity index is 989. The van der Waals surface area contributed by atoms with Gasteiger partial charge >= 0.3 is 12.1 Å². The Labute approximate surface area is 223 Å². The Morgan fingerprint density at radius 3 is 2.37 bits per heavy atom. The SMILES string of the molecule is CCOC(=O)[C@@H](NC(=O)[C@H](Cc1ccc(O)cc1)NC(=O)OC(C)(C)C)[C@@H]1CC[C@@H]2OC(C)(C)O[C@@H]2[C@H]1O. The summed E-state index contributed by atoms with van der Waals surface area (Å²) in [5, 5.41) is 26.1. The first-order chi connectivity index (χ1) is 17.7. The van der Waals surface area contributed by atoms with Gasteiger partial charge in [-0.15, -0.1) is 0 Å². The average molecular weight is 537 g/mol. The van der Waals surface area contributed by atoms with Crippen molar-refractivity contribution in [3.05, 3.63) is 29.8 Å². The van der Waals surface area contributed by atoms with Crippen LogP contribution in [0.5, 0.6) is 5.75 Å². The number of hydrogen-bond donors (Lipinski definition) is 4. The normalized spacial score (nSPS) is 26.0. The molecule has 212 valence electrons. The summed E-state index contributed by atoms with van der Waals surface area (Å²) in [6.07, 6.45) is -1.93. The number of carbonyl (C=O) groups excluding carboxylic acids is 3. The van der Waals surface area contributed by atoms with Crippen molar-refractivity contribution in [1.29, 1.82) is 0 Å². The second kappa shape index (κ2) is 11.9. The van der Waals surface area contributed by atoms with Crippen LogP contribution in [-0.4, -0.2) is 76.6 Å². The Morgan fingerprint density at radius 1 is 1.11 bits per heavy atom. The minimum atomic E-state index is -1.19. The van der Waals surface area contributed by atoms with Crippen LogP contribution < -0.4 is 10.6 Å². The lowest BCUT2D eigenvalue weighted by atomic mass is 9.78. The first-order valence-electron chi connectivity index (χ1n) is 13.0. The Morgan fingerprint density at radius 2 is 1.76 bits per heavy atom. The zero-order valence-corrected chi connectivity index (χ0v) is 22.9. The van der Waals surface area contributed by atoms with Gasteiger partial charge < -0.3 is 39.8 Å². The number of fused-ring (bicyclic) bond motifs is 1. The molecule has 0 aromatic heterocycles. The smallest absolute Gasteiger partial charge is 0.408 e. The fraction of sp³-hybridized carbons (Fsp3) is 0.667. The first-order valence-corrected chi connectivity index (χ1v) is 13.0. The number of phenols is 1. The number of ether oxygens (including phenoxy) is 4. The van der Waals surface area contributed by atoms with Gasteiger partial charge in [-0.3, -0.25) is 4.79 Å². The predicted octanol–water partition coefficient (Wildman–Crippen LogP) is 2.17. The van der Waals surface area contributed by atoms with E-state index in [0.29, 0.717) is 18.4 Å². The third kappa shape index (κ3) is 7.81. The summed E-state index contributed by atoms with van der Waals surface area (Å²) in [5.41, 5.74) is -0.136. The number of phenolic OH excluding ortho intramolecular Hbond substituents is 1. The maximum atomic E-state index is 13.5. The van der Waals surface area contributed by atoms with Crippen LogP contribution in [-0.2, 0) is 35.0 Å². The fourth-order valence-electron chi connectivity index (χ4n) is 4.86. The van der Waals surface area contributed by atoms with Crippen LogP contribution in [0, 0.1) is 5.92 Å². The van der Waals surface area contributed by atoms with Crippen molar-refractivity contribution in [2.75, 3.05) is 6.61 Å². The second-order valence-corrected chi connectivity index (χ2v) is 11.2. The monoisotopic (exact) mass is 536 g/mol. The van der Waals surface area contributed by atoms with Crippen LogP contribution in [0.15, 0.2) is 24.3 Å². The van der Waals surface area contributed by atoms with E-state index in [1.165, 1.54) is 12.1 Å². The molecule has 1 aromatic carbocycles. The second-order valence-electron chi connectivity index (χ2n) is 11.2. The van der Waals surface area contributed by atoms with Crippen molar-refractivity contribution in [3.63, 3.8) is 0 Å². The topological polar surface area (TPSA) is 153 Å².